The van der Waals surface area contributed by atoms with Crippen molar-refractivity contribution in [1.82, 2.24) is 0 Å². The molecule has 0 spiro atoms. The second kappa shape index (κ2) is 3.60. The van der Waals surface area contributed by atoms with E-state index in [1.807, 2.05) is 0 Å². The van der Waals surface area contributed by atoms with Crippen LogP contribution in [0.15, 0.2) is 18.2 Å². The van der Waals surface area contributed by atoms with Crippen LogP contribution < -0.4 is 5.73 Å². The molecule has 1 aromatic carbocycles. The first-order valence-electron chi connectivity index (χ1n) is 3.89. The predicted octanol–water partition coefficient (Wildman–Crippen LogP) is 2.20. The van der Waals surface area contributed by atoms with E-state index in [0.29, 0.717) is 5.56 Å². The molecule has 4 heteroatoms. The van der Waals surface area contributed by atoms with Crippen LogP contribution in [0.3, 0.4) is 0 Å². The van der Waals surface area contributed by atoms with E-state index in [-0.39, 0.29) is 30.2 Å². The van der Waals surface area contributed by atoms with Crippen LogP contribution in [0.1, 0.15) is 17.9 Å². The molecule has 2 N–H and O–H groups in total. The summed E-state index contributed by atoms with van der Waals surface area (Å²) >= 11 is 0. The summed E-state index contributed by atoms with van der Waals surface area (Å²) in [5, 5.41) is 0. The lowest BCUT2D eigenvalue weighted by atomic mass is 10.1. The van der Waals surface area contributed by atoms with Crippen LogP contribution in [-0.2, 0) is 0 Å². The van der Waals surface area contributed by atoms with Gasteiger partial charge in [0.1, 0.15) is 11.6 Å². The zero-order chi connectivity index (χ0) is 8.72. The molecule has 1 aliphatic rings. The topological polar surface area (TPSA) is 26.0 Å². The number of hydrogen-bond donors (Lipinski definition) is 1. The van der Waals surface area contributed by atoms with Gasteiger partial charge >= 0.3 is 0 Å². The van der Waals surface area contributed by atoms with Crippen LogP contribution in [0.4, 0.5) is 8.78 Å². The van der Waals surface area contributed by atoms with Gasteiger partial charge in [-0.1, -0.05) is 0 Å². The number of benzene rings is 1. The second-order valence-electron chi connectivity index (χ2n) is 3.17. The van der Waals surface area contributed by atoms with Crippen LogP contribution in [0.25, 0.3) is 0 Å². The van der Waals surface area contributed by atoms with Gasteiger partial charge in [-0.2, -0.15) is 0 Å². The third kappa shape index (κ3) is 1.98. The molecule has 0 aliphatic heterocycles. The Kier molecular flexibility index (Phi) is 2.88. The Morgan fingerprint density at radius 3 is 2.46 bits per heavy atom. The molecular weight excluding hydrogens is 196 g/mol. The number of rotatable bonds is 1. The normalized spacial score (nSPS) is 25.2. The van der Waals surface area contributed by atoms with Crippen molar-refractivity contribution >= 4 is 12.4 Å². The first-order valence-corrected chi connectivity index (χ1v) is 3.89. The largest absolute Gasteiger partial charge is 0.327 e. The molecule has 1 aromatic rings. The molecule has 2 atom stereocenters. The molecular formula is C9H10ClF2N. The van der Waals surface area contributed by atoms with E-state index >= 15 is 0 Å². The smallest absolute Gasteiger partial charge is 0.126 e. The summed E-state index contributed by atoms with van der Waals surface area (Å²) in [7, 11) is 0. The molecule has 13 heavy (non-hydrogen) atoms. The lowest BCUT2D eigenvalue weighted by molar-refractivity contribution is 0.584. The van der Waals surface area contributed by atoms with E-state index < -0.39 is 5.82 Å². The van der Waals surface area contributed by atoms with E-state index in [1.165, 1.54) is 6.07 Å². The third-order valence-electron chi connectivity index (χ3n) is 2.20. The van der Waals surface area contributed by atoms with Gasteiger partial charge in [0, 0.05) is 12.0 Å². The summed E-state index contributed by atoms with van der Waals surface area (Å²) in [4.78, 5) is 0. The molecule has 1 nitrogen and oxygen atoms in total. The Morgan fingerprint density at radius 2 is 1.92 bits per heavy atom. The van der Waals surface area contributed by atoms with Crippen molar-refractivity contribution in [2.75, 3.05) is 0 Å². The summed E-state index contributed by atoms with van der Waals surface area (Å²) in [6, 6.07) is 3.51. The summed E-state index contributed by atoms with van der Waals surface area (Å²) in [6.45, 7) is 0. The van der Waals surface area contributed by atoms with E-state index in [9.17, 15) is 8.78 Å². The summed E-state index contributed by atoms with van der Waals surface area (Å²) in [6.07, 6.45) is 0.764. The third-order valence-corrected chi connectivity index (χ3v) is 2.20. The van der Waals surface area contributed by atoms with Gasteiger partial charge in [0.05, 0.1) is 0 Å². The number of halogens is 3. The maximum absolute atomic E-state index is 13.0. The first-order chi connectivity index (χ1) is 5.68. The fourth-order valence-electron chi connectivity index (χ4n) is 1.37. The molecule has 0 unspecified atom stereocenters. The highest BCUT2D eigenvalue weighted by Gasteiger charge is 2.36. The molecule has 1 saturated carbocycles. The fourth-order valence-corrected chi connectivity index (χ4v) is 1.37. The quantitative estimate of drug-likeness (QED) is 0.748. The molecule has 0 bridgehead atoms. The monoisotopic (exact) mass is 205 g/mol. The van der Waals surface area contributed by atoms with Gasteiger partial charge in [-0.05, 0) is 30.2 Å². The Labute approximate surface area is 81.3 Å². The van der Waals surface area contributed by atoms with Crippen molar-refractivity contribution < 1.29 is 8.78 Å². The highest BCUT2D eigenvalue weighted by atomic mass is 35.5. The van der Waals surface area contributed by atoms with Crippen LogP contribution >= 0.6 is 12.4 Å². The molecule has 72 valence electrons. The SMILES string of the molecule is Cl.N[C@@H]1C[C@H]1c1cc(F)ccc1F. The van der Waals surface area contributed by atoms with Gasteiger partial charge in [0.15, 0.2) is 0 Å². The molecule has 1 aliphatic carbocycles. The first kappa shape index (κ1) is 10.4. The van der Waals surface area contributed by atoms with Crippen molar-refractivity contribution in [2.45, 2.75) is 18.4 Å². The van der Waals surface area contributed by atoms with Gasteiger partial charge < -0.3 is 5.73 Å². The zero-order valence-electron chi connectivity index (χ0n) is 6.84. The minimum Gasteiger partial charge on any atom is -0.327 e. The Morgan fingerprint density at radius 1 is 1.31 bits per heavy atom. The lowest BCUT2D eigenvalue weighted by Crippen LogP contribution is -2.02. The zero-order valence-corrected chi connectivity index (χ0v) is 7.65. The average Bonchev–Trinajstić information content (AvgIpc) is 2.73. The van der Waals surface area contributed by atoms with Gasteiger partial charge in [-0.15, -0.1) is 12.4 Å². The second-order valence-corrected chi connectivity index (χ2v) is 3.17. The molecule has 0 amide bonds. The molecule has 0 radical (unpaired) electrons. The molecule has 2 rings (SSSR count). The van der Waals surface area contributed by atoms with Crippen molar-refractivity contribution in [3.05, 3.63) is 35.4 Å². The van der Waals surface area contributed by atoms with Crippen LogP contribution in [0.2, 0.25) is 0 Å². The van der Waals surface area contributed by atoms with Crippen molar-refractivity contribution in [3.63, 3.8) is 0 Å². The van der Waals surface area contributed by atoms with Gasteiger partial charge in [0.2, 0.25) is 0 Å². The summed E-state index contributed by atoms with van der Waals surface area (Å²) in [5.74, 6) is -0.722. The van der Waals surface area contributed by atoms with Gasteiger partial charge in [-0.3, -0.25) is 0 Å². The lowest BCUT2D eigenvalue weighted by Gasteiger charge is -2.00. The fraction of sp³-hybridized carbons (Fsp3) is 0.333. The minimum atomic E-state index is -0.398. The maximum atomic E-state index is 13.0. The highest BCUT2D eigenvalue weighted by molar-refractivity contribution is 5.85. The molecule has 0 heterocycles. The highest BCUT2D eigenvalue weighted by Crippen LogP contribution is 2.40. The predicted molar refractivity (Wildman–Crippen MR) is 48.9 cm³/mol. The van der Waals surface area contributed by atoms with Crippen LogP contribution in [-0.4, -0.2) is 6.04 Å². The van der Waals surface area contributed by atoms with E-state index in [2.05, 4.69) is 0 Å². The van der Waals surface area contributed by atoms with Crippen molar-refractivity contribution in [3.8, 4) is 0 Å². The van der Waals surface area contributed by atoms with Crippen molar-refractivity contribution in [2.24, 2.45) is 5.73 Å². The molecule has 1 fully saturated rings. The number of nitrogens with two attached hydrogens (primary N) is 1. The number of hydrogen-bond acceptors (Lipinski definition) is 1. The maximum Gasteiger partial charge on any atom is 0.126 e. The molecule has 0 saturated heterocycles. The van der Waals surface area contributed by atoms with E-state index in [0.717, 1.165) is 18.6 Å². The van der Waals surface area contributed by atoms with E-state index in [1.54, 1.807) is 0 Å². The average molecular weight is 206 g/mol. The van der Waals surface area contributed by atoms with Gasteiger partial charge in [-0.25, -0.2) is 8.78 Å². The summed E-state index contributed by atoms with van der Waals surface area (Å²) in [5.41, 5.74) is 5.95. The van der Waals surface area contributed by atoms with Crippen molar-refractivity contribution in [1.29, 1.82) is 0 Å². The Balaban J connectivity index is 0.000000845. The Bertz CT molecular complexity index is 316. The van der Waals surface area contributed by atoms with Gasteiger partial charge in [0.25, 0.3) is 0 Å². The summed E-state index contributed by atoms with van der Waals surface area (Å²) < 4.78 is 25.7. The minimum absolute atomic E-state index is 0. The molecule has 0 aromatic heterocycles. The Hall–Kier alpha value is -0.670. The standard InChI is InChI=1S/C9H9F2N.ClH/c10-5-1-2-8(11)6(3-5)7-4-9(7)12;/h1-3,7,9H,4,12H2;1H/t7-,9+;/m0./s1. The van der Waals surface area contributed by atoms with E-state index in [4.69, 9.17) is 5.73 Å². The van der Waals surface area contributed by atoms with Crippen LogP contribution in [0.5, 0.6) is 0 Å². The van der Waals surface area contributed by atoms with Crippen LogP contribution in [0, 0.1) is 11.6 Å².